The molecule has 0 saturated heterocycles. The van der Waals surface area contributed by atoms with Crippen LogP contribution in [-0.4, -0.2) is 23.2 Å². The Balaban J connectivity index is 2.58. The molecule has 0 atom stereocenters. The number of aromatic carboxylic acids is 1. The lowest BCUT2D eigenvalue weighted by molar-refractivity contribution is 0.0701. The summed E-state index contributed by atoms with van der Waals surface area (Å²) in [5.41, 5.74) is 1.48. The molecule has 3 rings (SSSR count). The number of carboxylic acid groups (broad SMARTS) is 1. The highest BCUT2D eigenvalue weighted by atomic mass is 16.5. The molecule has 0 radical (unpaired) electrons. The molecule has 0 aliphatic rings. The van der Waals surface area contributed by atoms with E-state index in [1.54, 1.807) is 37.4 Å². The molecule has 0 saturated carbocycles. The van der Waals surface area contributed by atoms with Crippen LogP contribution in [-0.2, 0) is 0 Å². The topological polar surface area (TPSA) is 59.4 Å². The number of nitrogens with zero attached hydrogens (tertiary/aromatic N) is 1. The fraction of sp³-hybridized carbons (Fsp3) is 0.0667. The van der Waals surface area contributed by atoms with Crippen molar-refractivity contribution in [1.82, 2.24) is 4.98 Å². The second kappa shape index (κ2) is 4.24. The van der Waals surface area contributed by atoms with Gasteiger partial charge in [-0.2, -0.15) is 0 Å². The van der Waals surface area contributed by atoms with Gasteiger partial charge in [-0.15, -0.1) is 0 Å². The van der Waals surface area contributed by atoms with Crippen LogP contribution in [0.3, 0.4) is 0 Å². The van der Waals surface area contributed by atoms with Gasteiger partial charge in [0.2, 0.25) is 0 Å². The first-order chi connectivity index (χ1) is 9.22. The Morgan fingerprint density at radius 2 is 1.84 bits per heavy atom. The molecule has 1 N–H and O–H groups in total. The smallest absolute Gasteiger partial charge is 0.337 e. The predicted octanol–water partition coefficient (Wildman–Crippen LogP) is 3.09. The summed E-state index contributed by atoms with van der Waals surface area (Å²) >= 11 is 0. The van der Waals surface area contributed by atoms with Crippen molar-refractivity contribution in [3.05, 3.63) is 48.0 Å². The number of methoxy groups -OCH3 is 1. The summed E-state index contributed by atoms with van der Waals surface area (Å²) in [7, 11) is 1.55. The maximum atomic E-state index is 11.6. The lowest BCUT2D eigenvalue weighted by atomic mass is 10.0. The number of rotatable bonds is 2. The summed E-state index contributed by atoms with van der Waals surface area (Å²) < 4.78 is 5.26. The Morgan fingerprint density at radius 1 is 1.11 bits per heavy atom. The van der Waals surface area contributed by atoms with Crippen LogP contribution in [0, 0.1) is 0 Å². The quantitative estimate of drug-likeness (QED) is 0.713. The molecule has 19 heavy (non-hydrogen) atoms. The number of hydrogen-bond acceptors (Lipinski definition) is 3. The van der Waals surface area contributed by atoms with E-state index in [2.05, 4.69) is 4.98 Å². The highest BCUT2D eigenvalue weighted by molar-refractivity contribution is 6.14. The van der Waals surface area contributed by atoms with Crippen LogP contribution >= 0.6 is 0 Å². The number of hydrogen-bond donors (Lipinski definition) is 1. The lowest BCUT2D eigenvalue weighted by Gasteiger charge is -2.09. The maximum absolute atomic E-state index is 11.6. The monoisotopic (exact) mass is 253 g/mol. The number of carboxylic acids is 1. The van der Waals surface area contributed by atoms with Crippen molar-refractivity contribution >= 4 is 27.8 Å². The molecule has 4 nitrogen and oxygen atoms in total. The van der Waals surface area contributed by atoms with Crippen LogP contribution in [0.4, 0.5) is 0 Å². The van der Waals surface area contributed by atoms with Crippen LogP contribution in [0.15, 0.2) is 42.5 Å². The van der Waals surface area contributed by atoms with Crippen molar-refractivity contribution in [1.29, 1.82) is 0 Å². The Hall–Kier alpha value is -2.62. The van der Waals surface area contributed by atoms with Gasteiger partial charge in [-0.1, -0.05) is 30.3 Å². The first-order valence-corrected chi connectivity index (χ1v) is 5.81. The second-order valence-electron chi connectivity index (χ2n) is 4.17. The Bertz CT molecular complexity index is 796. The summed E-state index contributed by atoms with van der Waals surface area (Å²) in [5.74, 6) is -0.386. The normalized spacial score (nSPS) is 10.8. The third-order valence-corrected chi connectivity index (χ3v) is 3.11. The Labute approximate surface area is 109 Å². The van der Waals surface area contributed by atoms with Crippen molar-refractivity contribution in [2.24, 2.45) is 0 Å². The van der Waals surface area contributed by atoms with E-state index in [1.807, 2.05) is 12.1 Å². The van der Waals surface area contributed by atoms with Crippen LogP contribution in [0.2, 0.25) is 0 Å². The zero-order valence-electron chi connectivity index (χ0n) is 10.3. The third-order valence-electron chi connectivity index (χ3n) is 3.11. The van der Waals surface area contributed by atoms with E-state index < -0.39 is 5.97 Å². The summed E-state index contributed by atoms with van der Waals surface area (Å²) in [5, 5.41) is 10.7. The summed E-state index contributed by atoms with van der Waals surface area (Å²) in [6, 6.07) is 12.5. The van der Waals surface area contributed by atoms with Crippen LogP contribution < -0.4 is 4.74 Å². The molecule has 1 aromatic heterocycles. The average Bonchev–Trinajstić information content (AvgIpc) is 2.43. The van der Waals surface area contributed by atoms with Crippen molar-refractivity contribution in [3.63, 3.8) is 0 Å². The summed E-state index contributed by atoms with van der Waals surface area (Å²) in [4.78, 5) is 16.1. The van der Waals surface area contributed by atoms with Crippen molar-refractivity contribution < 1.29 is 14.6 Å². The molecule has 94 valence electrons. The van der Waals surface area contributed by atoms with Gasteiger partial charge in [0.05, 0.1) is 18.2 Å². The Kier molecular flexibility index (Phi) is 2.56. The highest BCUT2D eigenvalue weighted by Gasteiger charge is 2.16. The van der Waals surface area contributed by atoms with E-state index in [4.69, 9.17) is 4.74 Å². The van der Waals surface area contributed by atoms with E-state index in [0.29, 0.717) is 27.6 Å². The average molecular weight is 253 g/mol. The molecular weight excluding hydrogens is 242 g/mol. The molecule has 0 bridgehead atoms. The second-order valence-corrected chi connectivity index (χ2v) is 4.17. The standard InChI is InChI=1S/C15H11NO3/c1-19-12-8-4-6-10-13(15(17)18)9-5-2-3-7-11(9)16-14(10)12/h2-8H,1H3,(H,17,18). The van der Waals surface area contributed by atoms with Gasteiger partial charge in [0.15, 0.2) is 0 Å². The fourth-order valence-corrected chi connectivity index (χ4v) is 2.28. The molecular formula is C15H11NO3. The number of benzene rings is 2. The number of carbonyl (C=O) groups is 1. The number of ether oxygens (including phenoxy) is 1. The van der Waals surface area contributed by atoms with Crippen LogP contribution in [0.5, 0.6) is 5.75 Å². The van der Waals surface area contributed by atoms with E-state index in [-0.39, 0.29) is 5.56 Å². The minimum Gasteiger partial charge on any atom is -0.494 e. The largest absolute Gasteiger partial charge is 0.494 e. The first kappa shape index (κ1) is 11.5. The van der Waals surface area contributed by atoms with E-state index in [0.717, 1.165) is 0 Å². The predicted molar refractivity (Wildman–Crippen MR) is 72.8 cm³/mol. The van der Waals surface area contributed by atoms with E-state index in [1.165, 1.54) is 0 Å². The van der Waals surface area contributed by atoms with Crippen LogP contribution in [0.25, 0.3) is 21.8 Å². The third kappa shape index (κ3) is 1.69. The Morgan fingerprint density at radius 3 is 2.58 bits per heavy atom. The fourth-order valence-electron chi connectivity index (χ4n) is 2.28. The highest BCUT2D eigenvalue weighted by Crippen LogP contribution is 2.31. The van der Waals surface area contributed by atoms with Crippen molar-refractivity contribution in [3.8, 4) is 5.75 Å². The molecule has 0 spiro atoms. The van der Waals surface area contributed by atoms with Gasteiger partial charge in [0, 0.05) is 10.8 Å². The molecule has 2 aromatic carbocycles. The van der Waals surface area contributed by atoms with Crippen molar-refractivity contribution in [2.75, 3.05) is 7.11 Å². The molecule has 0 fully saturated rings. The number of fused-ring (bicyclic) bond motifs is 2. The zero-order valence-corrected chi connectivity index (χ0v) is 10.3. The molecule has 1 heterocycles. The molecule has 3 aromatic rings. The minimum absolute atomic E-state index is 0.263. The van der Waals surface area contributed by atoms with Crippen LogP contribution in [0.1, 0.15) is 10.4 Å². The van der Waals surface area contributed by atoms with Gasteiger partial charge in [0.25, 0.3) is 0 Å². The summed E-state index contributed by atoms with van der Waals surface area (Å²) in [6.07, 6.45) is 0. The zero-order chi connectivity index (χ0) is 13.4. The van der Waals surface area contributed by atoms with Crippen molar-refractivity contribution in [2.45, 2.75) is 0 Å². The van der Waals surface area contributed by atoms with E-state index >= 15 is 0 Å². The van der Waals surface area contributed by atoms with E-state index in [9.17, 15) is 9.90 Å². The van der Waals surface area contributed by atoms with Gasteiger partial charge in [-0.25, -0.2) is 9.78 Å². The van der Waals surface area contributed by atoms with Gasteiger partial charge >= 0.3 is 5.97 Å². The first-order valence-electron chi connectivity index (χ1n) is 5.81. The summed E-state index contributed by atoms with van der Waals surface area (Å²) in [6.45, 7) is 0. The molecule has 0 aliphatic carbocycles. The molecule has 0 amide bonds. The van der Waals surface area contributed by atoms with Gasteiger partial charge in [-0.3, -0.25) is 0 Å². The minimum atomic E-state index is -0.961. The van der Waals surface area contributed by atoms with Gasteiger partial charge < -0.3 is 9.84 Å². The maximum Gasteiger partial charge on any atom is 0.337 e. The molecule has 0 unspecified atom stereocenters. The number of para-hydroxylation sites is 2. The number of aromatic nitrogens is 1. The SMILES string of the molecule is COc1cccc2c(C(=O)O)c3ccccc3nc12. The van der Waals surface area contributed by atoms with Gasteiger partial charge in [0.1, 0.15) is 11.3 Å². The molecule has 0 aliphatic heterocycles. The van der Waals surface area contributed by atoms with Gasteiger partial charge in [-0.05, 0) is 12.1 Å². The molecule has 4 heteroatoms. The lowest BCUT2D eigenvalue weighted by Crippen LogP contribution is -2.01. The number of pyridine rings is 1.